The number of methoxy groups -OCH3 is 2. The summed E-state index contributed by atoms with van der Waals surface area (Å²) in [4.78, 5) is 58.5. The van der Waals surface area contributed by atoms with Crippen molar-refractivity contribution in [2.24, 2.45) is 0 Å². The van der Waals surface area contributed by atoms with Crippen LogP contribution in [0.1, 0.15) is 40.0 Å². The molecule has 0 aliphatic heterocycles. The number of ether oxygens (including phenoxy) is 2. The van der Waals surface area contributed by atoms with E-state index >= 15 is 0 Å². The van der Waals surface area contributed by atoms with E-state index in [1.165, 1.54) is 35.8 Å². The molecule has 13 nitrogen and oxygen atoms in total. The number of aromatic nitrogens is 3. The molecule has 36 heavy (non-hydrogen) atoms. The van der Waals surface area contributed by atoms with E-state index in [9.17, 15) is 39.3 Å². The largest absolute Gasteiger partial charge is 0.468 e. The minimum absolute atomic E-state index is 0.248. The van der Waals surface area contributed by atoms with Crippen LogP contribution >= 0.6 is 21.6 Å². The Labute approximate surface area is 216 Å². The van der Waals surface area contributed by atoms with Crippen LogP contribution in [0.15, 0.2) is 14.4 Å². The summed E-state index contributed by atoms with van der Waals surface area (Å²) in [5.74, 6) is -0.0919. The minimum Gasteiger partial charge on any atom is -0.468 e. The Morgan fingerprint density at radius 2 is 0.917 bits per heavy atom. The summed E-state index contributed by atoms with van der Waals surface area (Å²) < 4.78 is 11.1. The number of nitrogens with zero attached hydrogens (tertiary/aromatic N) is 3. The molecular formula is C21H37N3O10S2. The molecule has 0 radical (unpaired) electrons. The van der Waals surface area contributed by atoms with E-state index in [4.69, 9.17) is 0 Å². The van der Waals surface area contributed by atoms with E-state index in [2.05, 4.69) is 9.47 Å². The normalized spacial score (nSPS) is 13.2. The van der Waals surface area contributed by atoms with E-state index in [1.54, 1.807) is 20.8 Å². The Kier molecular flexibility index (Phi) is 17.2. The number of rotatable bonds is 14. The highest BCUT2D eigenvalue weighted by Gasteiger charge is 2.20. The molecule has 208 valence electrons. The van der Waals surface area contributed by atoms with Gasteiger partial charge in [0, 0.05) is 0 Å². The second-order valence-electron chi connectivity index (χ2n) is 7.54. The zero-order valence-electron chi connectivity index (χ0n) is 21.2. The van der Waals surface area contributed by atoms with Gasteiger partial charge in [0.2, 0.25) is 0 Å². The van der Waals surface area contributed by atoms with Gasteiger partial charge in [-0.1, -0.05) is 42.4 Å². The van der Waals surface area contributed by atoms with Crippen LogP contribution < -0.4 is 17.1 Å². The lowest BCUT2D eigenvalue weighted by atomic mass is 10.2. The molecule has 0 saturated carbocycles. The lowest BCUT2D eigenvalue weighted by Gasteiger charge is -2.18. The number of carbonyl (C=O) groups is 2. The summed E-state index contributed by atoms with van der Waals surface area (Å²) in [5, 5.41) is 29.3. The topological polar surface area (TPSA) is 179 Å². The van der Waals surface area contributed by atoms with Gasteiger partial charge in [0.05, 0.1) is 52.2 Å². The smallest absolute Gasteiger partial charge is 0.336 e. The standard InChI is InChI=1S/C15H27N3O6.C6H10O4S2/c1-4-10(19)7-16-13(22)17(8-11(20)5-2)15(24)18(14(16)23)9-12(21)6-3;1-9-5(7)3-11-12-4-6(8)10-2/h10-12,19-21H,4-9H2,1-3H3;3-4H2,1-2H3. The first-order chi connectivity index (χ1) is 17.0. The third-order valence-electron chi connectivity index (χ3n) is 4.87. The summed E-state index contributed by atoms with van der Waals surface area (Å²) in [6.07, 6.45) is -1.74. The van der Waals surface area contributed by atoms with Gasteiger partial charge < -0.3 is 24.8 Å². The average Bonchev–Trinajstić information content (AvgIpc) is 2.88. The van der Waals surface area contributed by atoms with Crippen LogP contribution in [-0.4, -0.2) is 85.0 Å². The van der Waals surface area contributed by atoms with Crippen LogP contribution in [0.25, 0.3) is 0 Å². The predicted molar refractivity (Wildman–Crippen MR) is 137 cm³/mol. The van der Waals surface area contributed by atoms with Gasteiger partial charge in [-0.25, -0.2) is 28.1 Å². The number of hydrogen-bond acceptors (Lipinski definition) is 12. The Bertz CT molecular complexity index is 848. The highest BCUT2D eigenvalue weighted by Crippen LogP contribution is 2.20. The number of carbonyl (C=O) groups excluding carboxylic acids is 2. The number of hydrogen-bond donors (Lipinski definition) is 3. The second-order valence-corrected chi connectivity index (χ2v) is 10.0. The molecule has 0 saturated heterocycles. The summed E-state index contributed by atoms with van der Waals surface area (Å²) in [5.41, 5.74) is -2.60. The van der Waals surface area contributed by atoms with E-state index in [1.807, 2.05) is 0 Å². The fourth-order valence-electron chi connectivity index (χ4n) is 2.47. The fourth-order valence-corrected chi connectivity index (χ4v) is 4.14. The number of esters is 2. The lowest BCUT2D eigenvalue weighted by molar-refractivity contribution is -0.138. The van der Waals surface area contributed by atoms with Crippen molar-refractivity contribution in [1.29, 1.82) is 0 Å². The maximum Gasteiger partial charge on any atom is 0.336 e. The van der Waals surface area contributed by atoms with Crippen LogP contribution in [0.4, 0.5) is 0 Å². The van der Waals surface area contributed by atoms with Crippen LogP contribution in [-0.2, 0) is 38.7 Å². The highest BCUT2D eigenvalue weighted by atomic mass is 33.1. The molecule has 0 aliphatic rings. The quantitative estimate of drug-likeness (QED) is 0.148. The molecule has 0 aromatic carbocycles. The van der Waals surface area contributed by atoms with Crippen LogP contribution in [0.2, 0.25) is 0 Å². The summed E-state index contributed by atoms with van der Waals surface area (Å²) in [7, 11) is 5.20. The van der Waals surface area contributed by atoms with Crippen LogP contribution in [0.5, 0.6) is 0 Å². The van der Waals surface area contributed by atoms with Gasteiger partial charge in [0.25, 0.3) is 0 Å². The Morgan fingerprint density at radius 3 is 1.11 bits per heavy atom. The lowest BCUT2D eigenvalue weighted by Crippen LogP contribution is -2.57. The maximum absolute atomic E-state index is 12.4. The summed E-state index contributed by atoms with van der Waals surface area (Å²) in [6.45, 7) is 4.35. The molecule has 1 heterocycles. The molecule has 1 aromatic heterocycles. The summed E-state index contributed by atoms with van der Waals surface area (Å²) in [6, 6.07) is 0. The second kappa shape index (κ2) is 18.2. The fraction of sp³-hybridized carbons (Fsp3) is 0.762. The molecule has 1 aromatic rings. The van der Waals surface area contributed by atoms with Gasteiger partial charge in [-0.15, -0.1) is 0 Å². The Morgan fingerprint density at radius 1 is 0.667 bits per heavy atom. The number of aliphatic hydroxyl groups excluding tert-OH is 3. The Hall–Kier alpha value is -2.07. The molecule has 0 amide bonds. The van der Waals surface area contributed by atoms with Gasteiger partial charge in [0.15, 0.2) is 0 Å². The van der Waals surface area contributed by atoms with Gasteiger partial charge in [-0.3, -0.25) is 9.59 Å². The first-order valence-electron chi connectivity index (χ1n) is 11.3. The zero-order valence-corrected chi connectivity index (χ0v) is 22.9. The average molecular weight is 556 g/mol. The van der Waals surface area contributed by atoms with Crippen molar-refractivity contribution in [3.63, 3.8) is 0 Å². The molecule has 1 rings (SSSR count). The van der Waals surface area contributed by atoms with Gasteiger partial charge >= 0.3 is 29.0 Å². The van der Waals surface area contributed by atoms with E-state index in [0.29, 0.717) is 19.3 Å². The molecule has 0 spiro atoms. The van der Waals surface area contributed by atoms with E-state index in [-0.39, 0.29) is 43.1 Å². The molecule has 3 unspecified atom stereocenters. The Balaban J connectivity index is 0.000000860. The number of aliphatic hydroxyl groups is 3. The van der Waals surface area contributed by atoms with Crippen LogP contribution in [0, 0.1) is 0 Å². The molecule has 3 atom stereocenters. The molecule has 3 N–H and O–H groups in total. The molecule has 0 bridgehead atoms. The van der Waals surface area contributed by atoms with Crippen molar-refractivity contribution in [3.05, 3.63) is 31.5 Å². The molecule has 15 heteroatoms. The third kappa shape index (κ3) is 11.8. The SMILES string of the molecule is CCC(O)Cn1c(=O)n(CC(O)CC)c(=O)n(CC(O)CC)c1=O.COC(=O)CSSCC(=O)OC. The monoisotopic (exact) mass is 555 g/mol. The predicted octanol–water partition coefficient (Wildman–Crippen LogP) is -0.802. The molecule has 0 aliphatic carbocycles. The van der Waals surface area contributed by atoms with Gasteiger partial charge in [-0.05, 0) is 19.3 Å². The zero-order chi connectivity index (χ0) is 27.8. The van der Waals surface area contributed by atoms with Crippen molar-refractivity contribution < 1.29 is 34.4 Å². The first-order valence-corrected chi connectivity index (χ1v) is 13.8. The van der Waals surface area contributed by atoms with Crippen molar-refractivity contribution in [1.82, 2.24) is 13.7 Å². The highest BCUT2D eigenvalue weighted by molar-refractivity contribution is 8.77. The van der Waals surface area contributed by atoms with Crippen molar-refractivity contribution in [3.8, 4) is 0 Å². The molecule has 0 fully saturated rings. The molecular weight excluding hydrogens is 518 g/mol. The first kappa shape index (κ1) is 33.9. The van der Waals surface area contributed by atoms with Crippen molar-refractivity contribution in [2.45, 2.75) is 78.0 Å². The minimum atomic E-state index is -0.915. The third-order valence-corrected chi connectivity index (χ3v) is 6.95. The van der Waals surface area contributed by atoms with E-state index < -0.39 is 35.4 Å². The van der Waals surface area contributed by atoms with Crippen LogP contribution in [0.3, 0.4) is 0 Å². The van der Waals surface area contributed by atoms with Gasteiger partial charge in [0.1, 0.15) is 11.5 Å². The van der Waals surface area contributed by atoms with Gasteiger partial charge in [-0.2, -0.15) is 0 Å². The maximum atomic E-state index is 12.4. The van der Waals surface area contributed by atoms with E-state index in [0.717, 1.165) is 13.7 Å². The van der Waals surface area contributed by atoms with Crippen molar-refractivity contribution >= 4 is 33.5 Å². The van der Waals surface area contributed by atoms with Crippen molar-refractivity contribution in [2.75, 3.05) is 25.7 Å². The summed E-state index contributed by atoms with van der Waals surface area (Å²) >= 11 is 0.